The van der Waals surface area contributed by atoms with Gasteiger partial charge in [0.05, 0.1) is 6.54 Å². The van der Waals surface area contributed by atoms with Crippen molar-refractivity contribution in [3.05, 3.63) is 35.9 Å². The molecular formula is C19H27N3O2. The Morgan fingerprint density at radius 3 is 2.54 bits per heavy atom. The first-order chi connectivity index (χ1) is 11.5. The molecule has 1 aromatic carbocycles. The fraction of sp³-hybridized carbons (Fsp3) is 0.579. The zero-order valence-electron chi connectivity index (χ0n) is 14.5. The van der Waals surface area contributed by atoms with E-state index in [2.05, 4.69) is 34.9 Å². The molecule has 0 radical (unpaired) electrons. The molecule has 2 aliphatic rings. The molecule has 2 fully saturated rings. The number of benzene rings is 1. The van der Waals surface area contributed by atoms with Gasteiger partial charge in [0.1, 0.15) is 0 Å². The predicted octanol–water partition coefficient (Wildman–Crippen LogP) is 2.49. The summed E-state index contributed by atoms with van der Waals surface area (Å²) in [7, 11) is 0. The monoisotopic (exact) mass is 329 g/mol. The maximum Gasteiger partial charge on any atom is 0.317 e. The Hall–Kier alpha value is -2.04. The lowest BCUT2D eigenvalue weighted by Crippen LogP contribution is -2.45. The van der Waals surface area contributed by atoms with Crippen molar-refractivity contribution < 1.29 is 9.59 Å². The molecule has 1 aromatic rings. The number of urea groups is 1. The SMILES string of the molecule is CC(C)NC(=O)CNC(=O)N1CC(c2ccccc2)C2(CCC2)C1. The van der Waals surface area contributed by atoms with Crippen LogP contribution in [0.1, 0.15) is 44.6 Å². The minimum atomic E-state index is -0.143. The van der Waals surface area contributed by atoms with E-state index in [1.807, 2.05) is 24.8 Å². The summed E-state index contributed by atoms with van der Waals surface area (Å²) < 4.78 is 0. The molecule has 1 aliphatic heterocycles. The van der Waals surface area contributed by atoms with Crippen LogP contribution in [0.4, 0.5) is 4.79 Å². The van der Waals surface area contributed by atoms with Crippen LogP contribution >= 0.6 is 0 Å². The highest BCUT2D eigenvalue weighted by molar-refractivity contribution is 5.84. The molecule has 1 saturated heterocycles. The second-order valence-electron chi connectivity index (χ2n) is 7.44. The summed E-state index contributed by atoms with van der Waals surface area (Å²) in [6.45, 7) is 5.39. The first-order valence-electron chi connectivity index (χ1n) is 8.87. The average molecular weight is 329 g/mol. The molecule has 0 aromatic heterocycles. The second kappa shape index (κ2) is 6.83. The lowest BCUT2D eigenvalue weighted by Gasteiger charge is -2.43. The van der Waals surface area contributed by atoms with E-state index < -0.39 is 0 Å². The normalized spacial score (nSPS) is 21.6. The molecule has 3 amide bonds. The highest BCUT2D eigenvalue weighted by Gasteiger charge is 2.51. The van der Waals surface area contributed by atoms with Crippen LogP contribution in [0.15, 0.2) is 30.3 Å². The van der Waals surface area contributed by atoms with Gasteiger partial charge in [0.2, 0.25) is 5.91 Å². The largest absolute Gasteiger partial charge is 0.352 e. The van der Waals surface area contributed by atoms with Gasteiger partial charge in [-0.1, -0.05) is 36.8 Å². The summed E-state index contributed by atoms with van der Waals surface area (Å²) in [5.41, 5.74) is 1.56. The Bertz CT molecular complexity index is 596. The molecule has 1 atom stereocenters. The molecule has 1 unspecified atom stereocenters. The zero-order valence-corrected chi connectivity index (χ0v) is 14.5. The van der Waals surface area contributed by atoms with Gasteiger partial charge in [-0.15, -0.1) is 0 Å². The molecule has 5 nitrogen and oxygen atoms in total. The van der Waals surface area contributed by atoms with Gasteiger partial charge < -0.3 is 15.5 Å². The molecule has 24 heavy (non-hydrogen) atoms. The molecule has 5 heteroatoms. The molecule has 130 valence electrons. The number of carbonyl (C=O) groups excluding carboxylic acids is 2. The molecule has 3 rings (SSSR count). The third-order valence-corrected chi connectivity index (χ3v) is 5.34. The van der Waals surface area contributed by atoms with Gasteiger partial charge in [0, 0.05) is 25.0 Å². The Morgan fingerprint density at radius 1 is 1.25 bits per heavy atom. The van der Waals surface area contributed by atoms with Crippen LogP contribution in [0.3, 0.4) is 0 Å². The summed E-state index contributed by atoms with van der Waals surface area (Å²) in [5.74, 6) is 0.262. The number of rotatable bonds is 4. The van der Waals surface area contributed by atoms with Crippen molar-refractivity contribution in [3.8, 4) is 0 Å². The maximum atomic E-state index is 12.5. The first-order valence-corrected chi connectivity index (χ1v) is 8.87. The number of amides is 3. The first kappa shape index (κ1) is 16.8. The highest BCUT2D eigenvalue weighted by atomic mass is 16.2. The molecule has 1 spiro atoms. The van der Waals surface area contributed by atoms with E-state index in [9.17, 15) is 9.59 Å². The van der Waals surface area contributed by atoms with Crippen molar-refractivity contribution in [3.63, 3.8) is 0 Å². The minimum absolute atomic E-state index is 0.0382. The highest BCUT2D eigenvalue weighted by Crippen LogP contribution is 2.55. The van der Waals surface area contributed by atoms with Gasteiger partial charge >= 0.3 is 6.03 Å². The smallest absolute Gasteiger partial charge is 0.317 e. The Morgan fingerprint density at radius 2 is 1.96 bits per heavy atom. The minimum Gasteiger partial charge on any atom is -0.352 e. The molecule has 1 saturated carbocycles. The zero-order chi connectivity index (χ0) is 17.2. The Kier molecular flexibility index (Phi) is 4.78. The maximum absolute atomic E-state index is 12.5. The van der Waals surface area contributed by atoms with Gasteiger partial charge in [-0.05, 0) is 37.7 Å². The third-order valence-electron chi connectivity index (χ3n) is 5.34. The predicted molar refractivity (Wildman–Crippen MR) is 93.7 cm³/mol. The number of nitrogens with one attached hydrogen (secondary N) is 2. The number of hydrogen-bond acceptors (Lipinski definition) is 2. The van der Waals surface area contributed by atoms with Crippen molar-refractivity contribution in [1.82, 2.24) is 15.5 Å². The summed E-state index contributed by atoms with van der Waals surface area (Å²) in [4.78, 5) is 26.1. The summed E-state index contributed by atoms with van der Waals surface area (Å²) in [6, 6.07) is 10.5. The van der Waals surface area contributed by atoms with Crippen LogP contribution in [0.5, 0.6) is 0 Å². The summed E-state index contributed by atoms with van der Waals surface area (Å²) in [5, 5.41) is 5.55. The lowest BCUT2D eigenvalue weighted by atomic mass is 9.61. The number of carbonyl (C=O) groups is 2. The Balaban J connectivity index is 1.62. The van der Waals surface area contributed by atoms with Crippen molar-refractivity contribution in [2.75, 3.05) is 19.6 Å². The molecular weight excluding hydrogens is 302 g/mol. The van der Waals surface area contributed by atoms with Gasteiger partial charge in [0.25, 0.3) is 0 Å². The molecule has 0 bridgehead atoms. The van der Waals surface area contributed by atoms with E-state index in [0.29, 0.717) is 5.92 Å². The third kappa shape index (κ3) is 3.40. The lowest BCUT2D eigenvalue weighted by molar-refractivity contribution is -0.120. The van der Waals surface area contributed by atoms with E-state index in [1.54, 1.807) is 0 Å². The average Bonchev–Trinajstić information content (AvgIpc) is 2.94. The topological polar surface area (TPSA) is 61.4 Å². The molecule has 1 aliphatic carbocycles. The summed E-state index contributed by atoms with van der Waals surface area (Å²) in [6.07, 6.45) is 3.62. The van der Waals surface area contributed by atoms with E-state index in [4.69, 9.17) is 0 Å². The van der Waals surface area contributed by atoms with Crippen molar-refractivity contribution >= 4 is 11.9 Å². The van der Waals surface area contributed by atoms with E-state index >= 15 is 0 Å². The van der Waals surface area contributed by atoms with Crippen LogP contribution < -0.4 is 10.6 Å². The van der Waals surface area contributed by atoms with Crippen LogP contribution in [-0.4, -0.2) is 42.5 Å². The van der Waals surface area contributed by atoms with Crippen molar-refractivity contribution in [2.45, 2.75) is 45.1 Å². The van der Waals surface area contributed by atoms with Crippen molar-refractivity contribution in [1.29, 1.82) is 0 Å². The fourth-order valence-electron chi connectivity index (χ4n) is 4.05. The fourth-order valence-corrected chi connectivity index (χ4v) is 4.05. The van der Waals surface area contributed by atoms with Crippen LogP contribution in [0, 0.1) is 5.41 Å². The quantitative estimate of drug-likeness (QED) is 0.891. The van der Waals surface area contributed by atoms with Gasteiger partial charge in [-0.25, -0.2) is 4.79 Å². The van der Waals surface area contributed by atoms with E-state index in [1.165, 1.54) is 24.8 Å². The van der Waals surface area contributed by atoms with E-state index in [-0.39, 0.29) is 29.9 Å². The van der Waals surface area contributed by atoms with Crippen molar-refractivity contribution in [2.24, 2.45) is 5.41 Å². The van der Waals surface area contributed by atoms with Crippen LogP contribution in [-0.2, 0) is 4.79 Å². The van der Waals surface area contributed by atoms with E-state index in [0.717, 1.165) is 13.1 Å². The van der Waals surface area contributed by atoms with Gasteiger partial charge in [-0.3, -0.25) is 4.79 Å². The summed E-state index contributed by atoms with van der Waals surface area (Å²) >= 11 is 0. The van der Waals surface area contributed by atoms with Gasteiger partial charge in [0.15, 0.2) is 0 Å². The number of likely N-dealkylation sites (tertiary alicyclic amines) is 1. The number of nitrogens with zero attached hydrogens (tertiary/aromatic N) is 1. The second-order valence-corrected chi connectivity index (χ2v) is 7.44. The number of hydrogen-bond donors (Lipinski definition) is 2. The van der Waals surface area contributed by atoms with Gasteiger partial charge in [-0.2, -0.15) is 0 Å². The standard InChI is InChI=1S/C19H27N3O2/c1-14(2)21-17(23)11-20-18(24)22-12-16(15-7-4-3-5-8-15)19(13-22)9-6-10-19/h3-5,7-8,14,16H,6,9-13H2,1-2H3,(H,20,24)(H,21,23). The molecule has 2 N–H and O–H groups in total. The van der Waals surface area contributed by atoms with Crippen LogP contribution in [0.2, 0.25) is 0 Å². The Labute approximate surface area is 143 Å². The molecule has 1 heterocycles. The van der Waals surface area contributed by atoms with Crippen LogP contribution in [0.25, 0.3) is 0 Å².